The lowest BCUT2D eigenvalue weighted by Gasteiger charge is -2.18. The van der Waals surface area contributed by atoms with E-state index in [0.717, 1.165) is 50.2 Å². The number of hydroxylamine groups is 1. The van der Waals surface area contributed by atoms with E-state index < -0.39 is 0 Å². The molecule has 1 fully saturated rings. The van der Waals surface area contributed by atoms with Crippen LogP contribution in [0.15, 0.2) is 12.2 Å². The van der Waals surface area contributed by atoms with E-state index in [-0.39, 0.29) is 17.5 Å². The van der Waals surface area contributed by atoms with Gasteiger partial charge >= 0.3 is 0 Å². The molecule has 5 heteroatoms. The number of thioether (sulfide) groups is 1. The normalized spacial score (nSPS) is 16.8. The van der Waals surface area contributed by atoms with Gasteiger partial charge in [0.1, 0.15) is 11.6 Å². The van der Waals surface area contributed by atoms with E-state index in [2.05, 4.69) is 17.6 Å². The third kappa shape index (κ3) is 8.71. The molecule has 1 N–H and O–H groups in total. The van der Waals surface area contributed by atoms with Crippen molar-refractivity contribution >= 4 is 23.3 Å². The van der Waals surface area contributed by atoms with Crippen LogP contribution in [0.1, 0.15) is 51.9 Å². The first kappa shape index (κ1) is 19.4. The summed E-state index contributed by atoms with van der Waals surface area (Å²) >= 11 is 1.87. The van der Waals surface area contributed by atoms with Gasteiger partial charge in [-0.3, -0.25) is 9.59 Å². The van der Waals surface area contributed by atoms with Crippen molar-refractivity contribution in [3.8, 4) is 0 Å². The van der Waals surface area contributed by atoms with Crippen LogP contribution in [0.2, 0.25) is 0 Å². The molecule has 0 heterocycles. The highest BCUT2D eigenvalue weighted by molar-refractivity contribution is 7.99. The van der Waals surface area contributed by atoms with Gasteiger partial charge in [0.25, 0.3) is 0 Å². The number of allylic oxidation sites excluding steroid dienone is 1. The Morgan fingerprint density at radius 2 is 2.00 bits per heavy atom. The topological polar surface area (TPSA) is 55.4 Å². The molecule has 0 radical (unpaired) electrons. The molecule has 1 rings (SSSR count). The van der Waals surface area contributed by atoms with Crippen molar-refractivity contribution in [2.45, 2.75) is 51.9 Å². The molecule has 0 saturated heterocycles. The standard InChI is InChI=1S/C17H29NO3S/c1-2-21-18-12-5-3-4-6-13-22-14-8-9-15-16(19)10-7-11-17(15)20/h4,6,15,18H,2-3,5,7-14H2,1H3. The molecule has 0 aromatic heterocycles. The quantitative estimate of drug-likeness (QED) is 0.258. The zero-order valence-electron chi connectivity index (χ0n) is 13.6. The van der Waals surface area contributed by atoms with Crippen molar-refractivity contribution in [3.05, 3.63) is 12.2 Å². The highest BCUT2D eigenvalue weighted by atomic mass is 32.2. The fraction of sp³-hybridized carbons (Fsp3) is 0.765. The second kappa shape index (κ2) is 12.9. The lowest BCUT2D eigenvalue weighted by molar-refractivity contribution is -0.135. The van der Waals surface area contributed by atoms with E-state index in [0.29, 0.717) is 19.4 Å². The Morgan fingerprint density at radius 3 is 2.73 bits per heavy atom. The van der Waals surface area contributed by atoms with Crippen molar-refractivity contribution in [1.29, 1.82) is 0 Å². The molecule has 1 aliphatic rings. The van der Waals surface area contributed by atoms with Crippen molar-refractivity contribution in [3.63, 3.8) is 0 Å². The summed E-state index contributed by atoms with van der Waals surface area (Å²) in [4.78, 5) is 28.4. The molecular weight excluding hydrogens is 298 g/mol. The summed E-state index contributed by atoms with van der Waals surface area (Å²) in [5, 5.41) is 0. The predicted molar refractivity (Wildman–Crippen MR) is 91.9 cm³/mol. The average molecular weight is 327 g/mol. The Labute approximate surface area is 138 Å². The van der Waals surface area contributed by atoms with E-state index in [1.54, 1.807) is 0 Å². The summed E-state index contributed by atoms with van der Waals surface area (Å²) in [5.74, 6) is 2.07. The molecule has 0 amide bonds. The number of carbonyl (C=O) groups excluding carboxylic acids is 2. The number of rotatable bonds is 12. The first-order valence-electron chi connectivity index (χ1n) is 8.38. The van der Waals surface area contributed by atoms with Gasteiger partial charge in [0.2, 0.25) is 0 Å². The van der Waals surface area contributed by atoms with Crippen molar-refractivity contribution < 1.29 is 14.4 Å². The maximum atomic E-state index is 11.7. The number of hydrogen-bond acceptors (Lipinski definition) is 5. The summed E-state index contributed by atoms with van der Waals surface area (Å²) in [6.07, 6.45) is 10.2. The summed E-state index contributed by atoms with van der Waals surface area (Å²) < 4.78 is 0. The number of nitrogens with one attached hydrogen (secondary N) is 1. The fourth-order valence-corrected chi connectivity index (χ4v) is 3.29. The van der Waals surface area contributed by atoms with Crippen LogP contribution < -0.4 is 5.48 Å². The maximum absolute atomic E-state index is 11.7. The molecule has 22 heavy (non-hydrogen) atoms. The monoisotopic (exact) mass is 327 g/mol. The van der Waals surface area contributed by atoms with Crippen LogP contribution in [-0.2, 0) is 14.4 Å². The number of Topliss-reactive ketones (excluding diaryl/α,β-unsaturated/α-hetero) is 2. The summed E-state index contributed by atoms with van der Waals surface area (Å²) in [7, 11) is 0. The molecular formula is C17H29NO3S. The zero-order valence-corrected chi connectivity index (χ0v) is 14.5. The minimum Gasteiger partial charge on any atom is -0.302 e. The molecule has 4 nitrogen and oxygen atoms in total. The van der Waals surface area contributed by atoms with Gasteiger partial charge in [-0.25, -0.2) is 5.48 Å². The molecule has 126 valence electrons. The number of unbranched alkanes of at least 4 members (excludes halogenated alkanes) is 1. The van der Waals surface area contributed by atoms with Gasteiger partial charge in [0.05, 0.1) is 12.5 Å². The zero-order chi connectivity index (χ0) is 16.0. The van der Waals surface area contributed by atoms with E-state index >= 15 is 0 Å². The lowest BCUT2D eigenvalue weighted by Crippen LogP contribution is -2.28. The molecule has 0 unspecified atom stereocenters. The van der Waals surface area contributed by atoms with Gasteiger partial charge in [-0.1, -0.05) is 12.2 Å². The smallest absolute Gasteiger partial charge is 0.143 e. The first-order chi connectivity index (χ1) is 10.8. The summed E-state index contributed by atoms with van der Waals surface area (Å²) in [6, 6.07) is 0. The summed E-state index contributed by atoms with van der Waals surface area (Å²) in [5.41, 5.74) is 2.90. The number of ketones is 2. The second-order valence-electron chi connectivity index (χ2n) is 5.50. The van der Waals surface area contributed by atoms with Crippen molar-refractivity contribution in [2.24, 2.45) is 5.92 Å². The SMILES string of the molecule is CCONCCCC=CCSCCCC1C(=O)CCCC1=O. The molecule has 0 spiro atoms. The van der Waals surface area contributed by atoms with E-state index in [4.69, 9.17) is 4.84 Å². The van der Waals surface area contributed by atoms with E-state index in [1.165, 1.54) is 0 Å². The highest BCUT2D eigenvalue weighted by Crippen LogP contribution is 2.22. The predicted octanol–water partition coefficient (Wildman–Crippen LogP) is 3.32. The van der Waals surface area contributed by atoms with Crippen molar-refractivity contribution in [2.75, 3.05) is 24.7 Å². The average Bonchev–Trinajstić information content (AvgIpc) is 2.51. The van der Waals surface area contributed by atoms with Crippen molar-refractivity contribution in [1.82, 2.24) is 5.48 Å². The van der Waals surface area contributed by atoms with E-state index in [9.17, 15) is 9.59 Å². The van der Waals surface area contributed by atoms with Crippen LogP contribution in [0.5, 0.6) is 0 Å². The highest BCUT2D eigenvalue weighted by Gasteiger charge is 2.28. The Morgan fingerprint density at radius 1 is 1.23 bits per heavy atom. The van der Waals surface area contributed by atoms with Crippen LogP contribution in [-0.4, -0.2) is 36.2 Å². The fourth-order valence-electron chi connectivity index (χ4n) is 2.48. The van der Waals surface area contributed by atoms with Gasteiger partial charge in [-0.15, -0.1) is 0 Å². The second-order valence-corrected chi connectivity index (χ2v) is 6.65. The molecule has 0 aromatic carbocycles. The Hall–Kier alpha value is -0.650. The van der Waals surface area contributed by atoms with Gasteiger partial charge in [-0.2, -0.15) is 11.8 Å². The van der Waals surface area contributed by atoms with Crippen LogP contribution >= 0.6 is 11.8 Å². The Bertz CT molecular complexity index is 342. The maximum Gasteiger partial charge on any atom is 0.143 e. The number of hydrogen-bond donors (Lipinski definition) is 1. The lowest BCUT2D eigenvalue weighted by atomic mass is 9.84. The molecule has 0 atom stereocenters. The van der Waals surface area contributed by atoms with E-state index in [1.807, 2.05) is 18.7 Å². The van der Waals surface area contributed by atoms with Gasteiger partial charge < -0.3 is 4.84 Å². The Balaban J connectivity index is 1.92. The van der Waals surface area contributed by atoms with Crippen LogP contribution in [0.4, 0.5) is 0 Å². The Kier molecular flexibility index (Phi) is 11.3. The molecule has 0 aromatic rings. The van der Waals surface area contributed by atoms with Gasteiger partial charge in [0, 0.05) is 25.1 Å². The third-order valence-corrected chi connectivity index (χ3v) is 4.69. The minimum absolute atomic E-state index is 0.168. The first-order valence-corrected chi connectivity index (χ1v) is 9.54. The molecule has 0 bridgehead atoms. The molecule has 0 aliphatic heterocycles. The van der Waals surface area contributed by atoms with Crippen LogP contribution in [0, 0.1) is 5.92 Å². The largest absolute Gasteiger partial charge is 0.302 e. The van der Waals surface area contributed by atoms with Gasteiger partial charge in [-0.05, 0) is 44.8 Å². The minimum atomic E-state index is -0.289. The molecule has 1 aliphatic carbocycles. The third-order valence-electron chi connectivity index (χ3n) is 3.68. The number of carbonyl (C=O) groups is 2. The van der Waals surface area contributed by atoms with Crippen LogP contribution in [0.3, 0.4) is 0 Å². The molecule has 1 saturated carbocycles. The summed E-state index contributed by atoms with van der Waals surface area (Å²) in [6.45, 7) is 3.55. The van der Waals surface area contributed by atoms with Crippen LogP contribution in [0.25, 0.3) is 0 Å². The van der Waals surface area contributed by atoms with Gasteiger partial charge in [0.15, 0.2) is 0 Å².